The fourth-order valence-corrected chi connectivity index (χ4v) is 2.23. The topological polar surface area (TPSA) is 93.5 Å². The first kappa shape index (κ1) is 18.5. The van der Waals surface area contributed by atoms with Gasteiger partial charge in [-0.15, -0.1) is 0 Å². The summed E-state index contributed by atoms with van der Waals surface area (Å²) in [6, 6.07) is 5.87. The molecule has 25 heavy (non-hydrogen) atoms. The molecule has 0 fully saturated rings. The third kappa shape index (κ3) is 4.59. The molecule has 7 nitrogen and oxygen atoms in total. The number of carbonyl (C=O) groups excluding carboxylic acids is 1. The number of hydrogen-bond donors (Lipinski definition) is 2. The maximum atomic E-state index is 12.0. The van der Waals surface area contributed by atoms with Gasteiger partial charge in [0.2, 0.25) is 5.91 Å². The van der Waals surface area contributed by atoms with E-state index in [2.05, 4.69) is 10.4 Å². The Balaban J connectivity index is 1.87. The first-order chi connectivity index (χ1) is 11.7. The molecule has 0 aliphatic rings. The number of amides is 1. The molecule has 2 aromatic rings. The van der Waals surface area contributed by atoms with Crippen molar-refractivity contribution >= 4 is 17.6 Å². The Morgan fingerprint density at radius 3 is 2.68 bits per heavy atom. The summed E-state index contributed by atoms with van der Waals surface area (Å²) in [4.78, 5) is 23.2. The maximum Gasteiger partial charge on any atom is 0.331 e. The van der Waals surface area contributed by atoms with Gasteiger partial charge in [0, 0.05) is 6.20 Å². The Hall–Kier alpha value is -2.83. The zero-order chi connectivity index (χ0) is 18.6. The van der Waals surface area contributed by atoms with Crippen LogP contribution in [0.15, 0.2) is 30.6 Å². The quantitative estimate of drug-likeness (QED) is 0.805. The molecule has 1 aromatic carbocycles. The van der Waals surface area contributed by atoms with Crippen molar-refractivity contribution in [3.05, 3.63) is 41.7 Å². The molecule has 0 bridgehead atoms. The summed E-state index contributed by atoms with van der Waals surface area (Å²) in [5, 5.41) is 15.9. The van der Waals surface area contributed by atoms with E-state index in [0.717, 1.165) is 16.9 Å². The Bertz CT molecular complexity index is 780. The van der Waals surface area contributed by atoms with Crippen LogP contribution in [0.4, 0.5) is 5.69 Å². The molecule has 2 N–H and O–H groups in total. The zero-order valence-corrected chi connectivity index (χ0v) is 14.9. The van der Waals surface area contributed by atoms with Crippen LogP contribution in [0.25, 0.3) is 0 Å². The number of ether oxygens (including phenoxy) is 1. The third-order valence-electron chi connectivity index (χ3n) is 3.88. The highest BCUT2D eigenvalue weighted by Gasteiger charge is 2.30. The van der Waals surface area contributed by atoms with Crippen LogP contribution < -0.4 is 10.1 Å². The Kier molecular flexibility index (Phi) is 5.46. The van der Waals surface area contributed by atoms with Crippen LogP contribution in [0.1, 0.15) is 31.4 Å². The van der Waals surface area contributed by atoms with Crippen molar-refractivity contribution in [1.29, 1.82) is 0 Å². The van der Waals surface area contributed by atoms with E-state index in [9.17, 15) is 14.7 Å². The number of aromatic nitrogens is 2. The Morgan fingerprint density at radius 2 is 2.04 bits per heavy atom. The fraction of sp³-hybridized carbons (Fsp3) is 0.389. The van der Waals surface area contributed by atoms with E-state index in [-0.39, 0.29) is 18.9 Å². The Morgan fingerprint density at radius 1 is 1.32 bits per heavy atom. The average molecular weight is 345 g/mol. The second-order valence-corrected chi connectivity index (χ2v) is 6.45. The van der Waals surface area contributed by atoms with E-state index in [1.165, 1.54) is 30.9 Å². The van der Waals surface area contributed by atoms with E-state index < -0.39 is 11.5 Å². The van der Waals surface area contributed by atoms with Crippen molar-refractivity contribution < 1.29 is 19.4 Å². The van der Waals surface area contributed by atoms with Gasteiger partial charge in [0.05, 0.1) is 24.9 Å². The van der Waals surface area contributed by atoms with Gasteiger partial charge in [0.25, 0.3) is 0 Å². The molecule has 0 aliphatic carbocycles. The van der Waals surface area contributed by atoms with Crippen LogP contribution in [-0.2, 0) is 15.1 Å². The summed E-state index contributed by atoms with van der Waals surface area (Å²) in [6.45, 7) is 7.29. The van der Waals surface area contributed by atoms with Crippen molar-refractivity contribution in [1.82, 2.24) is 9.78 Å². The molecule has 1 heterocycles. The number of anilines is 1. The molecule has 0 saturated heterocycles. The summed E-state index contributed by atoms with van der Waals surface area (Å²) in [5.41, 5.74) is 1.45. The van der Waals surface area contributed by atoms with Crippen LogP contribution in [0.3, 0.4) is 0 Å². The minimum absolute atomic E-state index is 0.181. The van der Waals surface area contributed by atoms with Crippen molar-refractivity contribution in [2.45, 2.75) is 39.7 Å². The van der Waals surface area contributed by atoms with Crippen molar-refractivity contribution in [3.8, 4) is 5.75 Å². The van der Waals surface area contributed by atoms with Gasteiger partial charge in [0.1, 0.15) is 5.75 Å². The monoisotopic (exact) mass is 345 g/mol. The van der Waals surface area contributed by atoms with E-state index in [1.807, 2.05) is 32.0 Å². The number of carboxylic acid groups (broad SMARTS) is 1. The molecule has 0 saturated carbocycles. The molecule has 7 heteroatoms. The number of carbonyl (C=O) groups is 2. The minimum Gasteiger partial charge on any atom is -0.493 e. The number of hydrogen-bond acceptors (Lipinski definition) is 4. The Labute approximate surface area is 146 Å². The highest BCUT2D eigenvalue weighted by molar-refractivity contribution is 5.90. The average Bonchev–Trinajstić information content (AvgIpc) is 2.98. The number of rotatable bonds is 7. The second-order valence-electron chi connectivity index (χ2n) is 6.45. The molecule has 134 valence electrons. The molecular weight excluding hydrogens is 322 g/mol. The van der Waals surface area contributed by atoms with Crippen LogP contribution in [-0.4, -0.2) is 33.4 Å². The lowest BCUT2D eigenvalue weighted by Gasteiger charge is -2.19. The fourth-order valence-electron chi connectivity index (χ4n) is 2.23. The molecule has 0 atom stereocenters. The van der Waals surface area contributed by atoms with E-state index in [1.54, 1.807) is 0 Å². The largest absolute Gasteiger partial charge is 0.493 e. The van der Waals surface area contributed by atoms with Gasteiger partial charge in [-0.3, -0.25) is 9.48 Å². The molecule has 0 radical (unpaired) electrons. The molecular formula is C18H23N3O4. The van der Waals surface area contributed by atoms with Gasteiger partial charge < -0.3 is 15.2 Å². The third-order valence-corrected chi connectivity index (χ3v) is 3.88. The number of benzene rings is 1. The normalized spacial score (nSPS) is 11.2. The van der Waals surface area contributed by atoms with Crippen LogP contribution in [0.2, 0.25) is 0 Å². The summed E-state index contributed by atoms with van der Waals surface area (Å²) in [5.74, 6) is -0.470. The van der Waals surface area contributed by atoms with Gasteiger partial charge in [-0.05, 0) is 39.3 Å². The standard InChI is InChI=1S/C18H23N3O4/c1-12-5-6-15(13(2)9-12)25-8-7-16(22)20-14-10-19-21(11-14)18(3,4)17(23)24/h5-6,9-11H,7-8H2,1-4H3,(H,20,22)(H,23,24). The van der Waals surface area contributed by atoms with E-state index in [0.29, 0.717) is 5.69 Å². The summed E-state index contributed by atoms with van der Waals surface area (Å²) >= 11 is 0. The first-order valence-electron chi connectivity index (χ1n) is 7.98. The van der Waals surface area contributed by atoms with Gasteiger partial charge in [-0.1, -0.05) is 17.7 Å². The van der Waals surface area contributed by atoms with E-state index in [4.69, 9.17) is 4.74 Å². The number of aryl methyl sites for hydroxylation is 2. The summed E-state index contributed by atoms with van der Waals surface area (Å²) < 4.78 is 6.93. The summed E-state index contributed by atoms with van der Waals surface area (Å²) in [7, 11) is 0. The lowest BCUT2D eigenvalue weighted by molar-refractivity contribution is -0.146. The molecule has 0 spiro atoms. The second kappa shape index (κ2) is 7.38. The predicted octanol–water partition coefficient (Wildman–Crippen LogP) is 2.73. The van der Waals surface area contributed by atoms with Crippen LogP contribution in [0.5, 0.6) is 5.75 Å². The van der Waals surface area contributed by atoms with Crippen molar-refractivity contribution in [2.24, 2.45) is 0 Å². The highest BCUT2D eigenvalue weighted by atomic mass is 16.5. The van der Waals surface area contributed by atoms with Gasteiger partial charge in [-0.25, -0.2) is 4.79 Å². The van der Waals surface area contributed by atoms with Gasteiger partial charge in [-0.2, -0.15) is 5.10 Å². The number of carboxylic acids is 1. The van der Waals surface area contributed by atoms with Crippen LogP contribution in [0, 0.1) is 13.8 Å². The molecule has 0 unspecified atom stereocenters. The number of nitrogens with one attached hydrogen (secondary N) is 1. The first-order valence-corrected chi connectivity index (χ1v) is 7.98. The summed E-state index contributed by atoms with van der Waals surface area (Å²) in [6.07, 6.45) is 3.10. The molecule has 0 aliphatic heterocycles. The van der Waals surface area contributed by atoms with Crippen LogP contribution >= 0.6 is 0 Å². The lowest BCUT2D eigenvalue weighted by Crippen LogP contribution is -2.35. The lowest BCUT2D eigenvalue weighted by atomic mass is 10.1. The SMILES string of the molecule is Cc1ccc(OCCC(=O)Nc2cnn(C(C)(C)C(=O)O)c2)c(C)c1. The molecule has 1 aromatic heterocycles. The van der Waals surface area contributed by atoms with Crippen molar-refractivity contribution in [2.75, 3.05) is 11.9 Å². The van der Waals surface area contributed by atoms with Gasteiger partial charge >= 0.3 is 5.97 Å². The van der Waals surface area contributed by atoms with Gasteiger partial charge in [0.15, 0.2) is 5.54 Å². The predicted molar refractivity (Wildman–Crippen MR) is 93.8 cm³/mol. The van der Waals surface area contributed by atoms with Crippen molar-refractivity contribution in [3.63, 3.8) is 0 Å². The molecule has 1 amide bonds. The maximum absolute atomic E-state index is 12.0. The molecule has 2 rings (SSSR count). The smallest absolute Gasteiger partial charge is 0.331 e. The number of aliphatic carboxylic acids is 1. The zero-order valence-electron chi connectivity index (χ0n) is 14.9. The minimum atomic E-state index is -1.19. The van der Waals surface area contributed by atoms with E-state index >= 15 is 0 Å². The highest BCUT2D eigenvalue weighted by Crippen LogP contribution is 2.19. The number of nitrogens with zero attached hydrogens (tertiary/aromatic N) is 2.